The van der Waals surface area contributed by atoms with E-state index in [2.05, 4.69) is 41.9 Å². The number of benzene rings is 1. The predicted molar refractivity (Wildman–Crippen MR) is 65.6 cm³/mol. The van der Waals surface area contributed by atoms with Crippen molar-refractivity contribution < 1.29 is 0 Å². The Morgan fingerprint density at radius 1 is 1.14 bits per heavy atom. The van der Waals surface area contributed by atoms with Gasteiger partial charge in [0.05, 0.1) is 0 Å². The van der Waals surface area contributed by atoms with Crippen LogP contribution in [0.1, 0.15) is 29.5 Å². The van der Waals surface area contributed by atoms with Gasteiger partial charge in [-0.3, -0.25) is 0 Å². The summed E-state index contributed by atoms with van der Waals surface area (Å²) in [6, 6.07) is 4.48. The monoisotopic (exact) mass is 255 g/mol. The zero-order chi connectivity index (χ0) is 10.6. The maximum Gasteiger partial charge on any atom is 0.0210 e. The molecule has 1 nitrogen and oxygen atoms in total. The lowest BCUT2D eigenvalue weighted by Gasteiger charge is -2.08. The Labute approximate surface area is 94.8 Å². The highest BCUT2D eigenvalue weighted by atomic mass is 79.9. The fourth-order valence-electron chi connectivity index (χ4n) is 1.49. The Hall–Kier alpha value is -0.340. The minimum atomic E-state index is 0.794. The number of nitrogens with two attached hydrogens (primary N) is 1. The molecule has 0 bridgehead atoms. The molecule has 0 spiro atoms. The summed E-state index contributed by atoms with van der Waals surface area (Å²) in [5, 5.41) is 0. The second kappa shape index (κ2) is 5.52. The molecule has 0 aliphatic rings. The average molecular weight is 256 g/mol. The summed E-state index contributed by atoms with van der Waals surface area (Å²) in [6.45, 7) is 5.10. The number of unbranched alkanes of at least 4 members (excludes halogenated alkanes) is 1. The molecule has 0 heterocycles. The highest BCUT2D eigenvalue weighted by molar-refractivity contribution is 9.10. The molecule has 0 unspecified atom stereocenters. The standard InChI is InChI=1S/C12H18BrN/c1-9-7-11(5-3-4-6-14)12(13)8-10(9)2/h7-8H,3-6,14H2,1-2H3. The van der Waals surface area contributed by atoms with Gasteiger partial charge >= 0.3 is 0 Å². The normalized spacial score (nSPS) is 10.6. The molecule has 0 saturated carbocycles. The lowest BCUT2D eigenvalue weighted by Crippen LogP contribution is -1.99. The van der Waals surface area contributed by atoms with Crippen LogP contribution in [0, 0.1) is 13.8 Å². The largest absolute Gasteiger partial charge is 0.330 e. The van der Waals surface area contributed by atoms with Crippen molar-refractivity contribution >= 4 is 15.9 Å². The van der Waals surface area contributed by atoms with Gasteiger partial charge in [0.15, 0.2) is 0 Å². The van der Waals surface area contributed by atoms with E-state index in [1.54, 1.807) is 0 Å². The second-order valence-electron chi connectivity index (χ2n) is 3.77. The van der Waals surface area contributed by atoms with Crippen LogP contribution in [0.15, 0.2) is 16.6 Å². The van der Waals surface area contributed by atoms with Crippen LogP contribution < -0.4 is 5.73 Å². The summed E-state index contributed by atoms with van der Waals surface area (Å²) in [5.41, 5.74) is 9.60. The second-order valence-corrected chi connectivity index (χ2v) is 4.63. The fraction of sp³-hybridized carbons (Fsp3) is 0.500. The van der Waals surface area contributed by atoms with Crippen molar-refractivity contribution in [2.45, 2.75) is 33.1 Å². The van der Waals surface area contributed by atoms with Crippen LogP contribution in [-0.4, -0.2) is 6.54 Å². The van der Waals surface area contributed by atoms with Crippen molar-refractivity contribution in [1.29, 1.82) is 0 Å². The molecule has 2 N–H and O–H groups in total. The SMILES string of the molecule is Cc1cc(Br)c(CCCCN)cc1C. The van der Waals surface area contributed by atoms with E-state index in [1.807, 2.05) is 0 Å². The van der Waals surface area contributed by atoms with Crippen LogP contribution in [0.25, 0.3) is 0 Å². The Morgan fingerprint density at radius 3 is 2.43 bits per heavy atom. The molecule has 0 fully saturated rings. The van der Waals surface area contributed by atoms with Gasteiger partial charge in [0, 0.05) is 4.47 Å². The van der Waals surface area contributed by atoms with E-state index in [0.717, 1.165) is 19.4 Å². The van der Waals surface area contributed by atoms with Crippen LogP contribution in [0.2, 0.25) is 0 Å². The highest BCUT2D eigenvalue weighted by Crippen LogP contribution is 2.22. The highest BCUT2D eigenvalue weighted by Gasteiger charge is 2.02. The van der Waals surface area contributed by atoms with Crippen LogP contribution in [0.5, 0.6) is 0 Å². The first-order valence-corrected chi connectivity index (χ1v) is 5.90. The smallest absolute Gasteiger partial charge is 0.0210 e. The summed E-state index contributed by atoms with van der Waals surface area (Å²) in [5.74, 6) is 0. The van der Waals surface area contributed by atoms with Gasteiger partial charge in [0.1, 0.15) is 0 Å². The van der Waals surface area contributed by atoms with Crippen molar-refractivity contribution in [2.24, 2.45) is 5.73 Å². The molecular weight excluding hydrogens is 238 g/mol. The van der Waals surface area contributed by atoms with Crippen LogP contribution in [-0.2, 0) is 6.42 Å². The average Bonchev–Trinajstić information content (AvgIpc) is 2.14. The topological polar surface area (TPSA) is 26.0 Å². The van der Waals surface area contributed by atoms with Crippen molar-refractivity contribution in [3.8, 4) is 0 Å². The first kappa shape index (κ1) is 11.7. The Morgan fingerprint density at radius 2 is 1.79 bits per heavy atom. The first-order chi connectivity index (χ1) is 6.65. The third kappa shape index (κ3) is 3.10. The van der Waals surface area contributed by atoms with E-state index < -0.39 is 0 Å². The zero-order valence-corrected chi connectivity index (χ0v) is 10.5. The Balaban J connectivity index is 2.72. The van der Waals surface area contributed by atoms with Gasteiger partial charge in [-0.25, -0.2) is 0 Å². The van der Waals surface area contributed by atoms with Crippen molar-refractivity contribution in [1.82, 2.24) is 0 Å². The number of hydrogen-bond donors (Lipinski definition) is 1. The number of rotatable bonds is 4. The summed E-state index contributed by atoms with van der Waals surface area (Å²) in [7, 11) is 0. The number of aryl methyl sites for hydroxylation is 3. The van der Waals surface area contributed by atoms with E-state index in [9.17, 15) is 0 Å². The van der Waals surface area contributed by atoms with Crippen LogP contribution >= 0.6 is 15.9 Å². The molecule has 0 atom stereocenters. The van der Waals surface area contributed by atoms with E-state index in [-0.39, 0.29) is 0 Å². The summed E-state index contributed by atoms with van der Waals surface area (Å²) >= 11 is 3.60. The molecule has 14 heavy (non-hydrogen) atoms. The van der Waals surface area contributed by atoms with E-state index in [0.29, 0.717) is 0 Å². The van der Waals surface area contributed by atoms with E-state index >= 15 is 0 Å². The molecule has 2 heteroatoms. The van der Waals surface area contributed by atoms with Crippen LogP contribution in [0.3, 0.4) is 0 Å². The third-order valence-electron chi connectivity index (χ3n) is 2.56. The van der Waals surface area contributed by atoms with Gasteiger partial charge in [-0.1, -0.05) is 22.0 Å². The summed E-state index contributed by atoms with van der Waals surface area (Å²) in [6.07, 6.45) is 3.41. The van der Waals surface area contributed by atoms with Gasteiger partial charge < -0.3 is 5.73 Å². The summed E-state index contributed by atoms with van der Waals surface area (Å²) < 4.78 is 1.23. The first-order valence-electron chi connectivity index (χ1n) is 5.11. The Kier molecular flexibility index (Phi) is 4.63. The van der Waals surface area contributed by atoms with E-state index in [1.165, 1.54) is 27.6 Å². The molecule has 1 aromatic rings. The zero-order valence-electron chi connectivity index (χ0n) is 8.94. The molecule has 0 radical (unpaired) electrons. The third-order valence-corrected chi connectivity index (χ3v) is 3.30. The van der Waals surface area contributed by atoms with Gasteiger partial charge in [-0.2, -0.15) is 0 Å². The van der Waals surface area contributed by atoms with Crippen molar-refractivity contribution in [2.75, 3.05) is 6.54 Å². The van der Waals surface area contributed by atoms with Gasteiger partial charge in [-0.05, 0) is 62.4 Å². The fourth-order valence-corrected chi connectivity index (χ4v) is 2.15. The maximum absolute atomic E-state index is 5.47. The Bertz CT molecular complexity index is 307. The number of halogens is 1. The molecule has 1 rings (SSSR count). The quantitative estimate of drug-likeness (QED) is 0.821. The number of hydrogen-bond acceptors (Lipinski definition) is 1. The molecule has 78 valence electrons. The van der Waals surface area contributed by atoms with E-state index in [4.69, 9.17) is 5.73 Å². The minimum Gasteiger partial charge on any atom is -0.330 e. The molecule has 0 aliphatic heterocycles. The molecule has 1 aromatic carbocycles. The molecule has 0 saturated heterocycles. The molecular formula is C12H18BrN. The van der Waals surface area contributed by atoms with Crippen molar-refractivity contribution in [3.05, 3.63) is 33.3 Å². The molecule has 0 aliphatic carbocycles. The molecule has 0 amide bonds. The van der Waals surface area contributed by atoms with Crippen molar-refractivity contribution in [3.63, 3.8) is 0 Å². The maximum atomic E-state index is 5.47. The molecule has 0 aromatic heterocycles. The predicted octanol–water partition coefficient (Wildman–Crippen LogP) is 3.35. The minimum absolute atomic E-state index is 0.794. The summed E-state index contributed by atoms with van der Waals surface area (Å²) in [4.78, 5) is 0. The lowest BCUT2D eigenvalue weighted by atomic mass is 10.0. The lowest BCUT2D eigenvalue weighted by molar-refractivity contribution is 0.742. The van der Waals surface area contributed by atoms with Gasteiger partial charge in [0.25, 0.3) is 0 Å². The van der Waals surface area contributed by atoms with Crippen LogP contribution in [0.4, 0.5) is 0 Å². The van der Waals surface area contributed by atoms with Gasteiger partial charge in [-0.15, -0.1) is 0 Å². The van der Waals surface area contributed by atoms with Gasteiger partial charge in [0.2, 0.25) is 0 Å².